The van der Waals surface area contributed by atoms with Gasteiger partial charge in [0, 0.05) is 16.6 Å². The molecule has 2 saturated carbocycles. The number of carbonyl (C=O) groups is 3. The van der Waals surface area contributed by atoms with Crippen molar-refractivity contribution in [2.75, 3.05) is 5.32 Å². The first-order valence-corrected chi connectivity index (χ1v) is 12.9. The van der Waals surface area contributed by atoms with Gasteiger partial charge in [-0.3, -0.25) is 19.3 Å². The van der Waals surface area contributed by atoms with Crippen LogP contribution >= 0.6 is 27.5 Å². The molecule has 3 amide bonds. The van der Waals surface area contributed by atoms with Crippen molar-refractivity contribution >= 4 is 50.9 Å². The molecule has 34 heavy (non-hydrogen) atoms. The smallest absolute Gasteiger partial charge is 0.248 e. The first-order valence-electron chi connectivity index (χ1n) is 11.7. The molecule has 2 aromatic rings. The summed E-state index contributed by atoms with van der Waals surface area (Å²) < 4.78 is 0.737. The van der Waals surface area contributed by atoms with E-state index in [-0.39, 0.29) is 47.8 Å². The summed E-state index contributed by atoms with van der Waals surface area (Å²) in [5.41, 5.74) is 2.18. The molecule has 7 rings (SSSR count). The second-order valence-electron chi connectivity index (χ2n) is 9.93. The van der Waals surface area contributed by atoms with E-state index in [2.05, 4.69) is 33.4 Å². The number of hydrogen-bond acceptors (Lipinski definition) is 3. The number of anilines is 1. The molecule has 2 aromatic carbocycles. The minimum Gasteiger partial charge on any atom is -0.324 e. The molecule has 1 heterocycles. The summed E-state index contributed by atoms with van der Waals surface area (Å²) in [6.07, 6.45) is 5.66. The van der Waals surface area contributed by atoms with Crippen LogP contribution in [0, 0.1) is 42.4 Å². The number of allylic oxidation sites excluding steroid dienone is 2. The van der Waals surface area contributed by atoms with Crippen molar-refractivity contribution in [1.82, 2.24) is 4.90 Å². The standard InChI is InChI=1S/C27H24BrClN2O3/c1-13-20(10-9-19(28)24(13)29)30-25(32)21(11-14-5-3-2-4-6-14)31-26(33)22-15-7-8-16(18-12-17(15)18)23(22)27(31)34/h2-10,15-18,21-23H,11-12H2,1H3,(H,30,32)/t15-,16-,17-,18-,21-,22+,23+/m1/s1. The van der Waals surface area contributed by atoms with Crippen LogP contribution in [0.5, 0.6) is 0 Å². The third-order valence-corrected chi connectivity index (χ3v) is 9.56. The summed E-state index contributed by atoms with van der Waals surface area (Å²) in [5.74, 6) is -0.158. The third-order valence-electron chi connectivity index (χ3n) is 8.18. The minimum atomic E-state index is -0.925. The Balaban J connectivity index is 1.34. The zero-order valence-corrected chi connectivity index (χ0v) is 20.9. The summed E-state index contributed by atoms with van der Waals surface area (Å²) >= 11 is 9.77. The van der Waals surface area contributed by atoms with Crippen LogP contribution in [0.3, 0.4) is 0 Å². The number of rotatable bonds is 5. The van der Waals surface area contributed by atoms with Crippen LogP contribution in [-0.4, -0.2) is 28.7 Å². The molecule has 0 aromatic heterocycles. The van der Waals surface area contributed by atoms with Gasteiger partial charge < -0.3 is 5.32 Å². The van der Waals surface area contributed by atoms with Gasteiger partial charge in [0.05, 0.1) is 16.9 Å². The van der Waals surface area contributed by atoms with Gasteiger partial charge in [-0.25, -0.2) is 0 Å². The van der Waals surface area contributed by atoms with Crippen molar-refractivity contribution in [2.45, 2.75) is 25.8 Å². The molecular formula is C27H24BrClN2O3. The molecule has 7 atom stereocenters. The maximum Gasteiger partial charge on any atom is 0.248 e. The molecule has 2 bridgehead atoms. The fourth-order valence-corrected chi connectivity index (χ4v) is 7.02. The lowest BCUT2D eigenvalue weighted by Gasteiger charge is -2.37. The fraction of sp³-hybridized carbons (Fsp3) is 0.370. The summed E-state index contributed by atoms with van der Waals surface area (Å²) in [4.78, 5) is 42.4. The summed E-state index contributed by atoms with van der Waals surface area (Å²) in [6, 6.07) is 12.2. The molecule has 174 valence electrons. The quantitative estimate of drug-likeness (QED) is 0.429. The third kappa shape index (κ3) is 3.29. The Morgan fingerprint density at radius 1 is 1.06 bits per heavy atom. The average molecular weight is 540 g/mol. The number of nitrogens with one attached hydrogen (secondary N) is 1. The monoisotopic (exact) mass is 538 g/mol. The number of benzene rings is 2. The van der Waals surface area contributed by atoms with Crippen LogP contribution in [0.2, 0.25) is 5.02 Å². The van der Waals surface area contributed by atoms with Crippen LogP contribution in [-0.2, 0) is 20.8 Å². The number of amides is 3. The minimum absolute atomic E-state index is 0.120. The van der Waals surface area contributed by atoms with Gasteiger partial charge in [-0.1, -0.05) is 54.1 Å². The summed E-state index contributed by atoms with van der Waals surface area (Å²) in [7, 11) is 0. The molecule has 5 nitrogen and oxygen atoms in total. The highest BCUT2D eigenvalue weighted by Gasteiger charge is 2.67. The molecule has 1 aliphatic heterocycles. The van der Waals surface area contributed by atoms with Crippen LogP contribution in [0.25, 0.3) is 0 Å². The van der Waals surface area contributed by atoms with E-state index in [0.29, 0.717) is 22.5 Å². The molecule has 4 aliphatic carbocycles. The van der Waals surface area contributed by atoms with Crippen molar-refractivity contribution in [2.24, 2.45) is 35.5 Å². The number of halogens is 2. The van der Waals surface area contributed by atoms with Crippen molar-refractivity contribution in [3.05, 3.63) is 75.2 Å². The number of likely N-dealkylation sites (tertiary alicyclic amines) is 1. The van der Waals surface area contributed by atoms with Crippen LogP contribution in [0.1, 0.15) is 17.5 Å². The zero-order chi connectivity index (χ0) is 23.7. The fourth-order valence-electron chi connectivity index (χ4n) is 6.43. The van der Waals surface area contributed by atoms with Crippen molar-refractivity contribution in [1.29, 1.82) is 0 Å². The van der Waals surface area contributed by atoms with Gasteiger partial charge in [0.2, 0.25) is 17.7 Å². The summed E-state index contributed by atoms with van der Waals surface area (Å²) in [5, 5.41) is 3.46. The second-order valence-corrected chi connectivity index (χ2v) is 11.2. The molecule has 1 saturated heterocycles. The Bertz CT molecular complexity index is 1210. The van der Waals surface area contributed by atoms with E-state index in [1.54, 1.807) is 12.1 Å². The van der Waals surface area contributed by atoms with E-state index in [1.807, 2.05) is 37.3 Å². The Hall–Kier alpha value is -2.44. The second kappa shape index (κ2) is 8.06. The van der Waals surface area contributed by atoms with E-state index in [4.69, 9.17) is 11.6 Å². The molecule has 3 fully saturated rings. The Morgan fingerprint density at radius 2 is 1.68 bits per heavy atom. The molecule has 5 aliphatic rings. The van der Waals surface area contributed by atoms with E-state index < -0.39 is 6.04 Å². The van der Waals surface area contributed by atoms with Gasteiger partial charge in [-0.15, -0.1) is 0 Å². The number of nitrogens with zero attached hydrogens (tertiary/aromatic N) is 1. The highest BCUT2D eigenvalue weighted by atomic mass is 79.9. The maximum atomic E-state index is 13.7. The van der Waals surface area contributed by atoms with Gasteiger partial charge in [0.15, 0.2) is 0 Å². The first kappa shape index (κ1) is 22.1. The maximum absolute atomic E-state index is 13.7. The zero-order valence-electron chi connectivity index (χ0n) is 18.6. The van der Waals surface area contributed by atoms with Gasteiger partial charge in [-0.05, 0) is 76.2 Å². The first-order chi connectivity index (χ1) is 16.4. The van der Waals surface area contributed by atoms with Crippen LogP contribution in [0.15, 0.2) is 59.1 Å². The largest absolute Gasteiger partial charge is 0.324 e. The highest BCUT2D eigenvalue weighted by Crippen LogP contribution is 2.65. The van der Waals surface area contributed by atoms with Crippen molar-refractivity contribution < 1.29 is 14.4 Å². The van der Waals surface area contributed by atoms with Crippen LogP contribution in [0.4, 0.5) is 5.69 Å². The predicted molar refractivity (Wildman–Crippen MR) is 133 cm³/mol. The topological polar surface area (TPSA) is 66.5 Å². The van der Waals surface area contributed by atoms with E-state index in [0.717, 1.165) is 22.0 Å². The molecular weight excluding hydrogens is 516 g/mol. The Kier molecular flexibility index (Phi) is 5.23. The lowest BCUT2D eigenvalue weighted by atomic mass is 9.63. The van der Waals surface area contributed by atoms with Crippen LogP contribution < -0.4 is 5.32 Å². The molecule has 7 heteroatoms. The van der Waals surface area contributed by atoms with E-state index >= 15 is 0 Å². The highest BCUT2D eigenvalue weighted by molar-refractivity contribution is 9.10. The Labute approximate surface area is 211 Å². The van der Waals surface area contributed by atoms with Gasteiger partial charge in [-0.2, -0.15) is 0 Å². The van der Waals surface area contributed by atoms with Crippen molar-refractivity contribution in [3.8, 4) is 0 Å². The molecule has 1 N–H and O–H groups in total. The van der Waals surface area contributed by atoms with Crippen molar-refractivity contribution in [3.63, 3.8) is 0 Å². The van der Waals surface area contributed by atoms with E-state index in [9.17, 15) is 14.4 Å². The predicted octanol–water partition coefficient (Wildman–Crippen LogP) is 5.01. The van der Waals surface area contributed by atoms with Gasteiger partial charge in [0.25, 0.3) is 0 Å². The van der Waals surface area contributed by atoms with Gasteiger partial charge >= 0.3 is 0 Å². The molecule has 0 spiro atoms. The Morgan fingerprint density at radius 3 is 2.29 bits per heavy atom. The number of hydrogen-bond donors (Lipinski definition) is 1. The number of imide groups is 1. The molecule has 0 radical (unpaired) electrons. The normalized spacial score (nSPS) is 31.3. The van der Waals surface area contributed by atoms with E-state index in [1.165, 1.54) is 4.90 Å². The van der Waals surface area contributed by atoms with Gasteiger partial charge in [0.1, 0.15) is 6.04 Å². The SMILES string of the molecule is Cc1c(NC(=O)[C@@H](Cc2ccccc2)N2C(=O)[C@H]3[C@@H]4C=C[C@H]([C@H]5C[C@H]45)[C@@H]3C2=O)ccc(Br)c1Cl. The lowest BCUT2D eigenvalue weighted by molar-refractivity contribution is -0.146. The average Bonchev–Trinajstić information content (AvgIpc) is 3.62. The summed E-state index contributed by atoms with van der Waals surface area (Å²) in [6.45, 7) is 1.82. The molecule has 0 unspecified atom stereocenters. The number of carbonyl (C=O) groups excluding carboxylic acids is 3. The lowest BCUT2D eigenvalue weighted by Crippen LogP contribution is -2.49.